The Hall–Kier alpha value is -0.870. The first-order chi connectivity index (χ1) is 6.72. The van der Waals surface area contributed by atoms with Crippen LogP contribution in [0.15, 0.2) is 12.4 Å². The van der Waals surface area contributed by atoms with Crippen LogP contribution in [-0.4, -0.2) is 28.9 Å². The summed E-state index contributed by atoms with van der Waals surface area (Å²) in [6.45, 7) is 7.23. The zero-order valence-electron chi connectivity index (χ0n) is 9.25. The molecule has 0 aliphatic carbocycles. The van der Waals surface area contributed by atoms with Crippen molar-refractivity contribution in [2.75, 3.05) is 13.1 Å². The van der Waals surface area contributed by atoms with Gasteiger partial charge in [0.15, 0.2) is 0 Å². The molecule has 0 bridgehead atoms. The second-order valence-electron chi connectivity index (χ2n) is 3.61. The van der Waals surface area contributed by atoms with E-state index in [1.165, 1.54) is 5.56 Å². The summed E-state index contributed by atoms with van der Waals surface area (Å²) in [6.07, 6.45) is 3.93. The molecule has 0 fully saturated rings. The minimum absolute atomic E-state index is 0.496. The molecule has 1 atom stereocenters. The molecule has 1 unspecified atom stereocenters. The van der Waals surface area contributed by atoms with Crippen LogP contribution in [0.5, 0.6) is 0 Å². The van der Waals surface area contributed by atoms with Gasteiger partial charge < -0.3 is 10.6 Å². The molecule has 1 aromatic rings. The maximum Gasteiger partial charge on any atom is 0.0534 e. The smallest absolute Gasteiger partial charge is 0.0534 e. The summed E-state index contributed by atoms with van der Waals surface area (Å²) in [5.74, 6) is 0. The summed E-state index contributed by atoms with van der Waals surface area (Å²) in [4.78, 5) is 0. The molecule has 0 aliphatic heterocycles. The van der Waals surface area contributed by atoms with Gasteiger partial charge in [-0.05, 0) is 13.5 Å². The van der Waals surface area contributed by atoms with E-state index in [0.29, 0.717) is 6.04 Å². The highest BCUT2D eigenvalue weighted by Gasteiger charge is 2.01. The number of likely N-dealkylation sites (N-methyl/N-ethyl adjacent to an activating group) is 1. The van der Waals surface area contributed by atoms with Crippen LogP contribution in [0, 0.1) is 0 Å². The molecule has 1 aromatic heterocycles. The molecule has 2 N–H and O–H groups in total. The molecule has 0 aromatic carbocycles. The van der Waals surface area contributed by atoms with Gasteiger partial charge in [-0.2, -0.15) is 5.10 Å². The summed E-state index contributed by atoms with van der Waals surface area (Å²) in [5, 5.41) is 10.9. The maximum absolute atomic E-state index is 4.12. The Balaban J connectivity index is 2.20. The lowest BCUT2D eigenvalue weighted by molar-refractivity contribution is 0.509. The van der Waals surface area contributed by atoms with Crippen molar-refractivity contribution in [3.8, 4) is 0 Å². The Labute approximate surface area is 85.7 Å². The minimum atomic E-state index is 0.496. The van der Waals surface area contributed by atoms with Gasteiger partial charge in [-0.3, -0.25) is 4.68 Å². The second-order valence-corrected chi connectivity index (χ2v) is 3.61. The van der Waals surface area contributed by atoms with E-state index in [1.807, 2.05) is 24.1 Å². The monoisotopic (exact) mass is 196 g/mol. The number of hydrogen-bond donors (Lipinski definition) is 2. The van der Waals surface area contributed by atoms with Gasteiger partial charge in [-0.25, -0.2) is 0 Å². The first kappa shape index (κ1) is 11.2. The Morgan fingerprint density at radius 3 is 2.93 bits per heavy atom. The standard InChI is InChI=1S/C10H20N4/c1-4-11-5-9(2)12-6-10-7-13-14(3)8-10/h7-9,11-12H,4-6H2,1-3H3. The van der Waals surface area contributed by atoms with Gasteiger partial charge in [0, 0.05) is 37.9 Å². The third-order valence-electron chi connectivity index (χ3n) is 2.11. The van der Waals surface area contributed by atoms with E-state index in [2.05, 4.69) is 29.6 Å². The van der Waals surface area contributed by atoms with Gasteiger partial charge in [-0.15, -0.1) is 0 Å². The molecule has 0 aliphatic rings. The Morgan fingerprint density at radius 2 is 2.36 bits per heavy atom. The summed E-state index contributed by atoms with van der Waals surface area (Å²) in [7, 11) is 1.94. The van der Waals surface area contributed by atoms with Crippen LogP contribution in [0.1, 0.15) is 19.4 Å². The molecule has 1 rings (SSSR count). The molecule has 0 spiro atoms. The van der Waals surface area contributed by atoms with E-state index < -0.39 is 0 Å². The Bertz CT molecular complexity index is 256. The molecular weight excluding hydrogens is 176 g/mol. The summed E-state index contributed by atoms with van der Waals surface area (Å²) >= 11 is 0. The zero-order chi connectivity index (χ0) is 10.4. The van der Waals surface area contributed by atoms with E-state index in [9.17, 15) is 0 Å². The fraction of sp³-hybridized carbons (Fsp3) is 0.700. The van der Waals surface area contributed by atoms with Crippen LogP contribution in [-0.2, 0) is 13.6 Å². The van der Waals surface area contributed by atoms with E-state index in [1.54, 1.807) is 0 Å². The molecular formula is C10H20N4. The highest BCUT2D eigenvalue weighted by atomic mass is 15.2. The SMILES string of the molecule is CCNCC(C)NCc1cnn(C)c1. The summed E-state index contributed by atoms with van der Waals surface area (Å²) < 4.78 is 1.83. The quantitative estimate of drug-likeness (QED) is 0.696. The van der Waals surface area contributed by atoms with E-state index in [0.717, 1.165) is 19.6 Å². The van der Waals surface area contributed by atoms with Gasteiger partial charge in [0.1, 0.15) is 0 Å². The van der Waals surface area contributed by atoms with Gasteiger partial charge in [0.2, 0.25) is 0 Å². The largest absolute Gasteiger partial charge is 0.315 e. The van der Waals surface area contributed by atoms with E-state index in [4.69, 9.17) is 0 Å². The average molecular weight is 196 g/mol. The van der Waals surface area contributed by atoms with Crippen LogP contribution >= 0.6 is 0 Å². The number of aryl methyl sites for hydroxylation is 1. The molecule has 0 amide bonds. The van der Waals surface area contributed by atoms with Crippen molar-refractivity contribution in [2.45, 2.75) is 26.4 Å². The van der Waals surface area contributed by atoms with Crippen LogP contribution in [0.25, 0.3) is 0 Å². The van der Waals surface area contributed by atoms with Gasteiger partial charge in [-0.1, -0.05) is 6.92 Å². The summed E-state index contributed by atoms with van der Waals surface area (Å²) in [5.41, 5.74) is 1.23. The van der Waals surface area contributed by atoms with Gasteiger partial charge in [0.05, 0.1) is 6.20 Å². The number of rotatable bonds is 6. The third-order valence-corrected chi connectivity index (χ3v) is 2.11. The van der Waals surface area contributed by atoms with Crippen molar-refractivity contribution < 1.29 is 0 Å². The summed E-state index contributed by atoms with van der Waals surface area (Å²) in [6, 6.07) is 0.496. The fourth-order valence-corrected chi connectivity index (χ4v) is 1.29. The fourth-order valence-electron chi connectivity index (χ4n) is 1.29. The van der Waals surface area contributed by atoms with Crippen LogP contribution in [0.4, 0.5) is 0 Å². The van der Waals surface area contributed by atoms with Crippen LogP contribution in [0.2, 0.25) is 0 Å². The molecule has 0 saturated heterocycles. The third kappa shape index (κ3) is 3.89. The van der Waals surface area contributed by atoms with Crippen molar-refractivity contribution in [2.24, 2.45) is 7.05 Å². The first-order valence-corrected chi connectivity index (χ1v) is 5.14. The van der Waals surface area contributed by atoms with Crippen molar-refractivity contribution >= 4 is 0 Å². The van der Waals surface area contributed by atoms with E-state index >= 15 is 0 Å². The number of nitrogens with zero attached hydrogens (tertiary/aromatic N) is 2. The lowest BCUT2D eigenvalue weighted by atomic mass is 10.3. The van der Waals surface area contributed by atoms with E-state index in [-0.39, 0.29) is 0 Å². The van der Waals surface area contributed by atoms with Crippen molar-refractivity contribution in [1.82, 2.24) is 20.4 Å². The van der Waals surface area contributed by atoms with Crippen molar-refractivity contribution in [3.63, 3.8) is 0 Å². The topological polar surface area (TPSA) is 41.9 Å². The zero-order valence-corrected chi connectivity index (χ0v) is 9.25. The molecule has 0 saturated carbocycles. The average Bonchev–Trinajstić information content (AvgIpc) is 2.58. The highest BCUT2D eigenvalue weighted by molar-refractivity contribution is 5.02. The highest BCUT2D eigenvalue weighted by Crippen LogP contribution is 1.95. The van der Waals surface area contributed by atoms with Crippen LogP contribution in [0.3, 0.4) is 0 Å². The van der Waals surface area contributed by atoms with Crippen molar-refractivity contribution in [3.05, 3.63) is 18.0 Å². The number of hydrogen-bond acceptors (Lipinski definition) is 3. The van der Waals surface area contributed by atoms with Crippen molar-refractivity contribution in [1.29, 1.82) is 0 Å². The number of nitrogens with one attached hydrogen (secondary N) is 2. The lowest BCUT2D eigenvalue weighted by Gasteiger charge is -2.12. The molecule has 4 nitrogen and oxygen atoms in total. The molecule has 1 heterocycles. The first-order valence-electron chi connectivity index (χ1n) is 5.14. The second kappa shape index (κ2) is 5.78. The Morgan fingerprint density at radius 1 is 1.57 bits per heavy atom. The van der Waals surface area contributed by atoms with Gasteiger partial charge in [0.25, 0.3) is 0 Å². The minimum Gasteiger partial charge on any atom is -0.315 e. The molecule has 4 heteroatoms. The maximum atomic E-state index is 4.12. The predicted molar refractivity (Wildman–Crippen MR) is 58.1 cm³/mol. The number of aromatic nitrogens is 2. The molecule has 80 valence electrons. The normalized spacial score (nSPS) is 13.1. The Kier molecular flexibility index (Phi) is 4.62. The molecule has 14 heavy (non-hydrogen) atoms. The predicted octanol–water partition coefficient (Wildman–Crippen LogP) is 0.508. The lowest BCUT2D eigenvalue weighted by Crippen LogP contribution is -2.35. The van der Waals surface area contributed by atoms with Crippen LogP contribution < -0.4 is 10.6 Å². The van der Waals surface area contributed by atoms with Gasteiger partial charge >= 0.3 is 0 Å². The molecule has 0 radical (unpaired) electrons.